The predicted molar refractivity (Wildman–Crippen MR) is 114 cm³/mol. The molecular formula is C25H33NO4. The second-order valence-electron chi connectivity index (χ2n) is 10.7. The molecular weight excluding hydrogens is 378 g/mol. The Kier molecular flexibility index (Phi) is 3.59. The van der Waals surface area contributed by atoms with Crippen LogP contribution in [0.25, 0.3) is 0 Å². The maximum Gasteiger partial charge on any atom is 0.165 e. The van der Waals surface area contributed by atoms with Crippen LogP contribution in [0.3, 0.4) is 0 Å². The molecule has 2 unspecified atom stereocenters. The lowest BCUT2D eigenvalue weighted by Gasteiger charge is -2.72. The standard InChI is InChI=1S/C25H33NO4/c1-5-8-22(2,28)17-14-23-9-10-25(17,29-4)21-24(23)11-12-26(3)18(23)13-15-6-7-16(27)20(30-21)19(15)24/h6-7,9-10,17-18,21,27-28H,5,8,11-14H2,1-4H3/t17-,18-,21-,22?,23?,24+,25+/m1/s1. The van der Waals surface area contributed by atoms with Gasteiger partial charge in [0.2, 0.25) is 0 Å². The number of nitrogens with zero attached hydrogens (tertiary/aromatic N) is 1. The van der Waals surface area contributed by atoms with Crippen LogP contribution in [0, 0.1) is 11.3 Å². The molecule has 5 heteroatoms. The van der Waals surface area contributed by atoms with E-state index in [1.807, 2.05) is 6.92 Å². The van der Waals surface area contributed by atoms with E-state index in [1.54, 1.807) is 13.2 Å². The topological polar surface area (TPSA) is 62.2 Å². The highest BCUT2D eigenvalue weighted by Gasteiger charge is 2.80. The lowest BCUT2D eigenvalue weighted by molar-refractivity contribution is -0.247. The molecule has 2 heterocycles. The summed E-state index contributed by atoms with van der Waals surface area (Å²) in [5, 5.41) is 22.4. The maximum atomic E-state index is 11.7. The van der Waals surface area contributed by atoms with Crippen molar-refractivity contribution in [2.45, 2.75) is 74.7 Å². The van der Waals surface area contributed by atoms with Crippen LogP contribution in [-0.2, 0) is 16.6 Å². The molecule has 1 saturated carbocycles. The first kappa shape index (κ1) is 19.1. The van der Waals surface area contributed by atoms with Crippen LogP contribution in [0.4, 0.5) is 0 Å². The van der Waals surface area contributed by atoms with E-state index in [2.05, 4.69) is 37.1 Å². The number of benzene rings is 1. The van der Waals surface area contributed by atoms with Crippen molar-refractivity contribution in [3.05, 3.63) is 35.4 Å². The summed E-state index contributed by atoms with van der Waals surface area (Å²) in [4.78, 5) is 2.51. The SMILES string of the molecule is CCCC(C)(O)[C@H]1CC23C=C[C@@]1(OC)[C@@H]1Oc4c(O)ccc5c4[C@@]12CCN(C)[C@@H]3C5. The van der Waals surface area contributed by atoms with Gasteiger partial charge in [0.15, 0.2) is 11.5 Å². The fraction of sp³-hybridized carbons (Fsp3) is 0.680. The van der Waals surface area contributed by atoms with Crippen molar-refractivity contribution in [2.24, 2.45) is 11.3 Å². The summed E-state index contributed by atoms with van der Waals surface area (Å²) in [5.74, 6) is 0.823. The summed E-state index contributed by atoms with van der Waals surface area (Å²) in [7, 11) is 4.00. The number of methoxy groups -OCH3 is 1. The lowest BCUT2D eigenvalue weighted by atomic mass is 9.36. The van der Waals surface area contributed by atoms with Gasteiger partial charge in [-0.1, -0.05) is 31.6 Å². The van der Waals surface area contributed by atoms with Crippen LogP contribution in [-0.4, -0.2) is 59.2 Å². The van der Waals surface area contributed by atoms with Crippen molar-refractivity contribution < 1.29 is 19.7 Å². The van der Waals surface area contributed by atoms with Crippen molar-refractivity contribution in [1.29, 1.82) is 0 Å². The fourth-order valence-corrected chi connectivity index (χ4v) is 8.44. The quantitative estimate of drug-likeness (QED) is 0.746. The Balaban J connectivity index is 1.66. The minimum absolute atomic E-state index is 0.0647. The van der Waals surface area contributed by atoms with E-state index in [1.165, 1.54) is 11.1 Å². The highest BCUT2D eigenvalue weighted by molar-refractivity contribution is 5.65. The molecule has 5 nitrogen and oxygen atoms in total. The molecule has 2 spiro atoms. The number of piperidine rings is 1. The van der Waals surface area contributed by atoms with Crippen LogP contribution in [0.2, 0.25) is 0 Å². The molecule has 30 heavy (non-hydrogen) atoms. The molecule has 1 aromatic rings. The largest absolute Gasteiger partial charge is 0.504 e. The molecule has 4 aliphatic carbocycles. The summed E-state index contributed by atoms with van der Waals surface area (Å²) in [6.07, 6.45) is 8.86. The zero-order chi connectivity index (χ0) is 21.1. The van der Waals surface area contributed by atoms with Gasteiger partial charge < -0.3 is 24.6 Å². The molecule has 2 N–H and O–H groups in total. The van der Waals surface area contributed by atoms with Gasteiger partial charge >= 0.3 is 0 Å². The van der Waals surface area contributed by atoms with E-state index >= 15 is 0 Å². The van der Waals surface area contributed by atoms with E-state index in [0.717, 1.165) is 38.6 Å². The summed E-state index contributed by atoms with van der Waals surface area (Å²) >= 11 is 0. The van der Waals surface area contributed by atoms with Crippen LogP contribution in [0.5, 0.6) is 11.5 Å². The summed E-state index contributed by atoms with van der Waals surface area (Å²) in [6.45, 7) is 5.11. The van der Waals surface area contributed by atoms with E-state index in [4.69, 9.17) is 9.47 Å². The molecule has 0 aromatic heterocycles. The van der Waals surface area contributed by atoms with E-state index < -0.39 is 11.2 Å². The normalized spacial score (nSPS) is 44.5. The van der Waals surface area contributed by atoms with E-state index in [9.17, 15) is 10.2 Å². The number of likely N-dealkylation sites (tertiary alicyclic amines) is 1. The van der Waals surface area contributed by atoms with Gasteiger partial charge in [0.25, 0.3) is 0 Å². The average molecular weight is 412 g/mol. The van der Waals surface area contributed by atoms with Gasteiger partial charge in [-0.25, -0.2) is 0 Å². The molecule has 7 atom stereocenters. The molecule has 7 rings (SSSR count). The maximum absolute atomic E-state index is 11.7. The van der Waals surface area contributed by atoms with Gasteiger partial charge in [-0.3, -0.25) is 0 Å². The van der Waals surface area contributed by atoms with Crippen LogP contribution in [0.15, 0.2) is 24.3 Å². The van der Waals surface area contributed by atoms with Gasteiger partial charge in [-0.2, -0.15) is 0 Å². The molecule has 1 saturated heterocycles. The second-order valence-corrected chi connectivity index (χ2v) is 10.7. The molecule has 0 amide bonds. The van der Waals surface area contributed by atoms with Crippen LogP contribution < -0.4 is 4.74 Å². The molecule has 2 fully saturated rings. The molecule has 2 aliphatic heterocycles. The highest BCUT2D eigenvalue weighted by atomic mass is 16.6. The second kappa shape index (κ2) is 5.62. The number of hydrogen-bond donors (Lipinski definition) is 2. The number of aromatic hydroxyl groups is 1. The molecule has 1 aromatic carbocycles. The van der Waals surface area contributed by atoms with E-state index in [0.29, 0.717) is 11.8 Å². The smallest absolute Gasteiger partial charge is 0.165 e. The number of fused-ring (bicyclic) bond motifs is 1. The van der Waals surface area contributed by atoms with Gasteiger partial charge in [0, 0.05) is 30.0 Å². The third-order valence-electron chi connectivity index (χ3n) is 9.58. The van der Waals surface area contributed by atoms with E-state index in [-0.39, 0.29) is 28.6 Å². The number of phenolic OH excluding ortho intramolecular Hbond substituents is 1. The minimum Gasteiger partial charge on any atom is -0.504 e. The summed E-state index contributed by atoms with van der Waals surface area (Å²) in [6, 6.07) is 4.23. The summed E-state index contributed by atoms with van der Waals surface area (Å²) in [5.41, 5.74) is 0.625. The minimum atomic E-state index is -0.850. The number of aliphatic hydroxyl groups is 1. The Morgan fingerprint density at radius 2 is 2.13 bits per heavy atom. The van der Waals surface area contributed by atoms with Crippen LogP contribution >= 0.6 is 0 Å². The Labute approximate surface area is 178 Å². The first-order valence-corrected chi connectivity index (χ1v) is 11.5. The zero-order valence-corrected chi connectivity index (χ0v) is 18.4. The average Bonchev–Trinajstić information content (AvgIpc) is 3.09. The van der Waals surface area contributed by atoms with Crippen molar-refractivity contribution in [1.82, 2.24) is 4.90 Å². The van der Waals surface area contributed by atoms with Crippen molar-refractivity contribution in [3.8, 4) is 11.5 Å². The Bertz CT molecular complexity index is 957. The van der Waals surface area contributed by atoms with Gasteiger partial charge in [-0.05, 0) is 57.8 Å². The van der Waals surface area contributed by atoms with Crippen LogP contribution in [0.1, 0.15) is 50.7 Å². The van der Waals surface area contributed by atoms with Gasteiger partial charge in [0.05, 0.1) is 11.0 Å². The molecule has 4 bridgehead atoms. The van der Waals surface area contributed by atoms with Crippen molar-refractivity contribution in [2.75, 3.05) is 20.7 Å². The lowest BCUT2D eigenvalue weighted by Crippen LogP contribution is -2.80. The molecule has 0 radical (unpaired) electrons. The first-order valence-electron chi connectivity index (χ1n) is 11.5. The van der Waals surface area contributed by atoms with Gasteiger partial charge in [-0.15, -0.1) is 0 Å². The monoisotopic (exact) mass is 411 g/mol. The first-order chi connectivity index (χ1) is 14.3. The number of likely N-dealkylation sites (N-methyl/N-ethyl adjacent to an activating group) is 1. The number of ether oxygens (including phenoxy) is 2. The Hall–Kier alpha value is -1.56. The van der Waals surface area contributed by atoms with Crippen molar-refractivity contribution in [3.63, 3.8) is 0 Å². The summed E-state index contributed by atoms with van der Waals surface area (Å²) < 4.78 is 13.1. The highest BCUT2D eigenvalue weighted by Crippen LogP contribution is 2.75. The van der Waals surface area contributed by atoms with Gasteiger partial charge in [0.1, 0.15) is 11.7 Å². The number of hydrogen-bond acceptors (Lipinski definition) is 5. The fourth-order valence-electron chi connectivity index (χ4n) is 8.44. The number of phenols is 1. The Morgan fingerprint density at radius 3 is 2.87 bits per heavy atom. The zero-order valence-electron chi connectivity index (χ0n) is 18.4. The third kappa shape index (κ3) is 1.80. The molecule has 162 valence electrons. The Morgan fingerprint density at radius 1 is 1.33 bits per heavy atom. The predicted octanol–water partition coefficient (Wildman–Crippen LogP) is 3.16. The third-order valence-corrected chi connectivity index (χ3v) is 9.58. The number of rotatable bonds is 4. The molecule has 6 aliphatic rings. The van der Waals surface area contributed by atoms with Crippen molar-refractivity contribution >= 4 is 0 Å².